The average molecular weight is 595 g/mol. The predicted octanol–water partition coefficient (Wildman–Crippen LogP) is 7.78. The zero-order valence-corrected chi connectivity index (χ0v) is 22.9. The van der Waals surface area contributed by atoms with Gasteiger partial charge in [0.25, 0.3) is 0 Å². The lowest BCUT2D eigenvalue weighted by Crippen LogP contribution is -2.20. The van der Waals surface area contributed by atoms with Crippen LogP contribution in [0.1, 0.15) is 23.3 Å². The number of aromatic nitrogens is 3. The lowest BCUT2D eigenvalue weighted by molar-refractivity contribution is -0.137. The number of halogens is 5. The van der Waals surface area contributed by atoms with Gasteiger partial charge in [0, 0.05) is 17.2 Å². The lowest BCUT2D eigenvalue weighted by Gasteiger charge is -2.19. The number of thioether (sulfide) groups is 1. The molecule has 3 aromatic carbocycles. The molecule has 0 aliphatic carbocycles. The monoisotopic (exact) mass is 594 g/mol. The van der Waals surface area contributed by atoms with Crippen LogP contribution in [0.5, 0.6) is 0 Å². The Bertz CT molecular complexity index is 1420. The van der Waals surface area contributed by atoms with E-state index < -0.39 is 22.9 Å². The Morgan fingerprint density at radius 1 is 1.05 bits per heavy atom. The summed E-state index contributed by atoms with van der Waals surface area (Å²) in [5, 5.41) is 11.4. The van der Waals surface area contributed by atoms with Gasteiger partial charge in [0.1, 0.15) is 5.25 Å². The van der Waals surface area contributed by atoms with Crippen molar-refractivity contribution in [3.05, 3.63) is 94.0 Å². The van der Waals surface area contributed by atoms with Gasteiger partial charge in [-0.1, -0.05) is 65.3 Å². The van der Waals surface area contributed by atoms with Gasteiger partial charge in [-0.3, -0.25) is 9.36 Å². The number of hydrogen-bond acceptors (Lipinski definition) is 5. The second-order valence-corrected chi connectivity index (χ2v) is 10.2. The zero-order chi connectivity index (χ0) is 28.0. The van der Waals surface area contributed by atoms with E-state index in [1.807, 2.05) is 23.6 Å². The number of carbonyl (C=O) groups excluding carboxylic acids is 1. The Morgan fingerprint density at radius 3 is 2.44 bits per heavy atom. The molecule has 1 heterocycles. The smallest absolute Gasteiger partial charge is 0.380 e. The topological polar surface area (TPSA) is 69.0 Å². The molecule has 4 rings (SSSR count). The molecular formula is C27H23Cl2F3N4O2S. The van der Waals surface area contributed by atoms with Gasteiger partial charge in [-0.15, -0.1) is 10.2 Å². The molecule has 0 aliphatic rings. The van der Waals surface area contributed by atoms with Crippen LogP contribution in [-0.2, 0) is 22.3 Å². The number of ether oxygens (including phenoxy) is 1. The molecule has 0 bridgehead atoms. The number of nitrogens with zero attached hydrogens (tertiary/aromatic N) is 3. The molecule has 0 aliphatic heterocycles. The third-order valence-corrected chi connectivity index (χ3v) is 7.41. The van der Waals surface area contributed by atoms with Crippen LogP contribution in [0.2, 0.25) is 10.0 Å². The van der Waals surface area contributed by atoms with Crippen molar-refractivity contribution >= 4 is 46.6 Å². The van der Waals surface area contributed by atoms with Crippen LogP contribution in [0.25, 0.3) is 11.4 Å². The molecule has 12 heteroatoms. The van der Waals surface area contributed by atoms with Gasteiger partial charge < -0.3 is 10.1 Å². The normalized spacial score (nSPS) is 12.4. The Labute approximate surface area is 237 Å². The van der Waals surface area contributed by atoms with Gasteiger partial charge in [0.2, 0.25) is 5.91 Å². The minimum Gasteiger partial charge on any atom is -0.380 e. The van der Waals surface area contributed by atoms with Crippen molar-refractivity contribution in [1.29, 1.82) is 0 Å². The summed E-state index contributed by atoms with van der Waals surface area (Å²) in [6, 6.07) is 18.7. The van der Waals surface area contributed by atoms with Crippen LogP contribution < -0.4 is 5.32 Å². The van der Waals surface area contributed by atoms with Crippen LogP contribution >= 0.6 is 35.0 Å². The molecule has 1 atom stereocenters. The summed E-state index contributed by atoms with van der Waals surface area (Å²) in [4.78, 5) is 13.5. The highest BCUT2D eigenvalue weighted by molar-refractivity contribution is 8.00. The molecular weight excluding hydrogens is 572 g/mol. The number of anilines is 1. The largest absolute Gasteiger partial charge is 0.416 e. The van der Waals surface area contributed by atoms with Gasteiger partial charge in [0.05, 0.1) is 29.4 Å². The quantitative estimate of drug-likeness (QED) is 0.150. The maximum Gasteiger partial charge on any atom is 0.416 e. The molecule has 0 unspecified atom stereocenters. The summed E-state index contributed by atoms with van der Waals surface area (Å²) in [7, 11) is 0. The van der Waals surface area contributed by atoms with Crippen molar-refractivity contribution in [2.45, 2.75) is 30.1 Å². The number of carbonyl (C=O) groups is 1. The summed E-state index contributed by atoms with van der Waals surface area (Å²) < 4.78 is 47.3. The molecule has 1 aromatic heterocycles. The van der Waals surface area contributed by atoms with Gasteiger partial charge in [-0.05, 0) is 55.0 Å². The summed E-state index contributed by atoms with van der Waals surface area (Å²) in [5.41, 5.74) is 0.328. The maximum atomic E-state index is 13.5. The highest BCUT2D eigenvalue weighted by atomic mass is 35.5. The molecule has 6 nitrogen and oxygen atoms in total. The fourth-order valence-corrected chi connectivity index (χ4v) is 5.05. The molecule has 0 radical (unpaired) electrons. The lowest BCUT2D eigenvalue weighted by atomic mass is 10.1. The average Bonchev–Trinajstić information content (AvgIpc) is 3.31. The predicted molar refractivity (Wildman–Crippen MR) is 147 cm³/mol. The first-order valence-corrected chi connectivity index (χ1v) is 13.5. The highest BCUT2D eigenvalue weighted by Crippen LogP contribution is 2.39. The first-order chi connectivity index (χ1) is 18.7. The number of alkyl halides is 3. The summed E-state index contributed by atoms with van der Waals surface area (Å²) in [6.07, 6.45) is -4.59. The van der Waals surface area contributed by atoms with E-state index in [0.717, 1.165) is 35.5 Å². The van der Waals surface area contributed by atoms with Crippen LogP contribution in [0.15, 0.2) is 78.0 Å². The van der Waals surface area contributed by atoms with Gasteiger partial charge in [-0.2, -0.15) is 13.2 Å². The third-order valence-electron chi connectivity index (χ3n) is 5.60. The van der Waals surface area contributed by atoms with Crippen molar-refractivity contribution in [2.75, 3.05) is 18.5 Å². The summed E-state index contributed by atoms with van der Waals surface area (Å²) in [6.45, 7) is 3.19. The van der Waals surface area contributed by atoms with Crippen molar-refractivity contribution in [1.82, 2.24) is 14.8 Å². The second-order valence-electron chi connectivity index (χ2n) is 8.25. The van der Waals surface area contributed by atoms with Crippen LogP contribution in [0.3, 0.4) is 0 Å². The minimum absolute atomic E-state index is 0.0157. The number of hydrogen-bond donors (Lipinski definition) is 1. The maximum absolute atomic E-state index is 13.5. The molecule has 204 valence electrons. The Kier molecular flexibility index (Phi) is 9.55. The van der Waals surface area contributed by atoms with E-state index in [1.54, 1.807) is 42.5 Å². The van der Waals surface area contributed by atoms with Crippen molar-refractivity contribution in [3.63, 3.8) is 0 Å². The van der Waals surface area contributed by atoms with E-state index in [0.29, 0.717) is 41.3 Å². The summed E-state index contributed by atoms with van der Waals surface area (Å²) >= 11 is 13.3. The Balaban J connectivity index is 1.69. The van der Waals surface area contributed by atoms with E-state index in [4.69, 9.17) is 27.9 Å². The standard InChI is InChI=1S/C27H23Cl2F3N4O2S/c1-2-38-15-14-36-24(18-8-11-20(28)12-9-18)34-35-26(36)39-23(17-6-4-3-5-7-17)25(37)33-22-16-19(27(30,31)32)10-13-21(22)29/h3-13,16,23H,2,14-15H2,1H3,(H,33,37)/t23-/m1/s1. The molecule has 0 saturated heterocycles. The van der Waals surface area contributed by atoms with E-state index in [1.165, 1.54) is 0 Å². The fourth-order valence-electron chi connectivity index (χ4n) is 3.69. The molecule has 0 fully saturated rings. The Morgan fingerprint density at radius 2 is 1.77 bits per heavy atom. The number of benzene rings is 3. The van der Waals surface area contributed by atoms with E-state index >= 15 is 0 Å². The van der Waals surface area contributed by atoms with Crippen LogP contribution in [-0.4, -0.2) is 33.9 Å². The minimum atomic E-state index is -4.59. The molecule has 39 heavy (non-hydrogen) atoms. The first kappa shape index (κ1) is 28.9. The third kappa shape index (κ3) is 7.33. The number of rotatable bonds is 10. The number of amides is 1. The van der Waals surface area contributed by atoms with Gasteiger partial charge in [-0.25, -0.2) is 0 Å². The number of nitrogens with one attached hydrogen (secondary N) is 1. The van der Waals surface area contributed by atoms with E-state index in [9.17, 15) is 18.0 Å². The zero-order valence-electron chi connectivity index (χ0n) is 20.6. The Hall–Kier alpha value is -3.05. The van der Waals surface area contributed by atoms with Crippen molar-refractivity contribution in [3.8, 4) is 11.4 Å². The molecule has 1 N–H and O–H groups in total. The van der Waals surface area contributed by atoms with E-state index in [-0.39, 0.29) is 10.7 Å². The highest BCUT2D eigenvalue weighted by Gasteiger charge is 2.32. The summed E-state index contributed by atoms with van der Waals surface area (Å²) in [5.74, 6) is -0.0122. The van der Waals surface area contributed by atoms with Crippen molar-refractivity contribution in [2.24, 2.45) is 0 Å². The fraction of sp³-hybridized carbons (Fsp3) is 0.222. The molecule has 1 amide bonds. The van der Waals surface area contributed by atoms with Crippen LogP contribution in [0, 0.1) is 0 Å². The molecule has 4 aromatic rings. The van der Waals surface area contributed by atoms with E-state index in [2.05, 4.69) is 15.5 Å². The van der Waals surface area contributed by atoms with Crippen molar-refractivity contribution < 1.29 is 22.7 Å². The molecule has 0 spiro atoms. The second kappa shape index (κ2) is 12.9. The van der Waals surface area contributed by atoms with Gasteiger partial charge in [0.15, 0.2) is 11.0 Å². The molecule has 0 saturated carbocycles. The first-order valence-electron chi connectivity index (χ1n) is 11.8. The van der Waals surface area contributed by atoms with Gasteiger partial charge >= 0.3 is 6.18 Å². The van der Waals surface area contributed by atoms with Crippen LogP contribution in [0.4, 0.5) is 18.9 Å². The SMILES string of the molecule is CCOCCn1c(S[C@@H](C(=O)Nc2cc(C(F)(F)F)ccc2Cl)c2ccccc2)nnc1-c1ccc(Cl)cc1.